The highest BCUT2D eigenvalue weighted by molar-refractivity contribution is 7.99. The molecule has 1 rings (SSSR count). The van der Waals surface area contributed by atoms with Gasteiger partial charge in [0, 0.05) is 18.9 Å². The van der Waals surface area contributed by atoms with Gasteiger partial charge >= 0.3 is 0 Å². The number of nitrogens with zero attached hydrogens (tertiary/aromatic N) is 1. The molecule has 0 aliphatic carbocycles. The number of nitrogens with one attached hydrogen (secondary N) is 1. The van der Waals surface area contributed by atoms with Gasteiger partial charge in [0.1, 0.15) is 11.8 Å². The zero-order valence-electron chi connectivity index (χ0n) is 9.11. The number of nitriles is 1. The van der Waals surface area contributed by atoms with Crippen molar-refractivity contribution in [2.75, 3.05) is 24.7 Å². The van der Waals surface area contributed by atoms with Crippen LogP contribution in [0.3, 0.4) is 0 Å². The Morgan fingerprint density at radius 1 is 1.44 bits per heavy atom. The fraction of sp³-hybridized carbons (Fsp3) is 0.545. The second kappa shape index (κ2) is 8.22. The first-order valence-corrected chi connectivity index (χ1v) is 6.40. The second-order valence-electron chi connectivity index (χ2n) is 3.24. The molecule has 0 spiro atoms. The van der Waals surface area contributed by atoms with Crippen molar-refractivity contribution in [2.45, 2.75) is 13.0 Å². The topological polar surface area (TPSA) is 69.2 Å². The minimum absolute atomic E-state index is 0.268. The van der Waals surface area contributed by atoms with E-state index >= 15 is 0 Å². The minimum Gasteiger partial charge on any atom is -0.449 e. The Morgan fingerprint density at radius 2 is 2.31 bits per heavy atom. The van der Waals surface area contributed by atoms with Gasteiger partial charge in [0.15, 0.2) is 0 Å². The van der Waals surface area contributed by atoms with E-state index in [1.54, 1.807) is 6.07 Å². The van der Waals surface area contributed by atoms with Crippen molar-refractivity contribution in [3.63, 3.8) is 0 Å². The molecule has 0 saturated heterocycles. The van der Waals surface area contributed by atoms with Gasteiger partial charge in [-0.05, 0) is 24.3 Å². The second-order valence-corrected chi connectivity index (χ2v) is 4.47. The van der Waals surface area contributed by atoms with Crippen molar-refractivity contribution in [2.24, 2.45) is 0 Å². The Hall–Kier alpha value is -0.960. The van der Waals surface area contributed by atoms with Crippen LogP contribution in [0.5, 0.6) is 0 Å². The Morgan fingerprint density at radius 3 is 3.00 bits per heavy atom. The van der Waals surface area contributed by atoms with Crippen molar-refractivity contribution >= 4 is 11.8 Å². The van der Waals surface area contributed by atoms with Gasteiger partial charge in [0.25, 0.3) is 0 Å². The summed E-state index contributed by atoms with van der Waals surface area (Å²) in [7, 11) is 0. The monoisotopic (exact) mass is 240 g/mol. The Labute approximate surface area is 99.6 Å². The summed E-state index contributed by atoms with van der Waals surface area (Å²) in [5, 5.41) is 20.4. The molecule has 0 radical (unpaired) electrons. The number of aliphatic hydroxyl groups excluding tert-OH is 1. The van der Waals surface area contributed by atoms with E-state index in [2.05, 4.69) is 5.32 Å². The van der Waals surface area contributed by atoms with E-state index in [0.717, 1.165) is 30.2 Å². The van der Waals surface area contributed by atoms with Gasteiger partial charge < -0.3 is 14.8 Å². The van der Waals surface area contributed by atoms with Crippen molar-refractivity contribution in [3.8, 4) is 6.07 Å². The molecular weight excluding hydrogens is 224 g/mol. The predicted molar refractivity (Wildman–Crippen MR) is 64.2 cm³/mol. The number of thioether (sulfide) groups is 1. The molecule has 0 bridgehead atoms. The molecule has 2 N–H and O–H groups in total. The van der Waals surface area contributed by atoms with Crippen LogP contribution >= 0.6 is 11.8 Å². The number of aliphatic hydroxyl groups is 1. The van der Waals surface area contributed by atoms with Gasteiger partial charge in [-0.25, -0.2) is 0 Å². The van der Waals surface area contributed by atoms with E-state index in [1.807, 2.05) is 23.9 Å². The quantitative estimate of drug-likeness (QED) is 0.671. The molecule has 0 unspecified atom stereocenters. The smallest absolute Gasteiger partial charge is 0.203 e. The highest BCUT2D eigenvalue weighted by atomic mass is 32.2. The van der Waals surface area contributed by atoms with Crippen molar-refractivity contribution in [3.05, 3.63) is 23.7 Å². The van der Waals surface area contributed by atoms with Crippen molar-refractivity contribution in [1.29, 1.82) is 5.26 Å². The molecule has 0 atom stereocenters. The van der Waals surface area contributed by atoms with E-state index in [-0.39, 0.29) is 6.61 Å². The SMILES string of the molecule is N#Cc1ccc(CNCCSCCCO)o1. The van der Waals surface area contributed by atoms with Crippen LogP contribution in [0.1, 0.15) is 17.9 Å². The summed E-state index contributed by atoms with van der Waals surface area (Å²) in [4.78, 5) is 0. The first kappa shape index (κ1) is 13.1. The Bertz CT molecular complexity index is 333. The maximum Gasteiger partial charge on any atom is 0.203 e. The molecule has 88 valence electrons. The first-order valence-electron chi connectivity index (χ1n) is 5.25. The van der Waals surface area contributed by atoms with Crippen molar-refractivity contribution < 1.29 is 9.52 Å². The lowest BCUT2D eigenvalue weighted by Gasteiger charge is -2.02. The molecule has 0 aliphatic heterocycles. The van der Waals surface area contributed by atoms with Gasteiger partial charge in [0.05, 0.1) is 6.54 Å². The average molecular weight is 240 g/mol. The zero-order valence-corrected chi connectivity index (χ0v) is 9.92. The normalized spacial score (nSPS) is 10.2. The highest BCUT2D eigenvalue weighted by Crippen LogP contribution is 2.06. The number of rotatable bonds is 8. The number of hydrogen-bond donors (Lipinski definition) is 2. The molecule has 0 amide bonds. The van der Waals surface area contributed by atoms with Gasteiger partial charge in [-0.15, -0.1) is 0 Å². The maximum absolute atomic E-state index is 8.58. The lowest BCUT2D eigenvalue weighted by atomic mass is 10.4. The van der Waals surface area contributed by atoms with Crippen LogP contribution in [0.2, 0.25) is 0 Å². The van der Waals surface area contributed by atoms with Crippen molar-refractivity contribution in [1.82, 2.24) is 5.32 Å². The molecule has 5 heteroatoms. The van der Waals surface area contributed by atoms with Crippen LogP contribution in [0.25, 0.3) is 0 Å². The molecule has 0 fully saturated rings. The van der Waals surface area contributed by atoms with E-state index in [1.165, 1.54) is 0 Å². The summed E-state index contributed by atoms with van der Waals surface area (Å²) in [5.74, 6) is 3.16. The Kier molecular flexibility index (Phi) is 6.74. The standard InChI is InChI=1S/C11H16N2O2S/c12-8-10-2-3-11(15-10)9-13-4-7-16-6-1-5-14/h2-3,13-14H,1,4-7,9H2. The first-order chi connectivity index (χ1) is 7.86. The van der Waals surface area contributed by atoms with Crippen LogP contribution < -0.4 is 5.32 Å². The summed E-state index contributed by atoms with van der Waals surface area (Å²) in [5.41, 5.74) is 0. The molecule has 1 aromatic rings. The summed E-state index contributed by atoms with van der Waals surface area (Å²) < 4.78 is 5.21. The van der Waals surface area contributed by atoms with E-state index in [0.29, 0.717) is 12.3 Å². The van der Waals surface area contributed by atoms with E-state index in [9.17, 15) is 0 Å². The molecule has 0 saturated carbocycles. The molecule has 0 aliphatic rings. The zero-order chi connectivity index (χ0) is 11.6. The van der Waals surface area contributed by atoms with Crippen LogP contribution in [0.4, 0.5) is 0 Å². The maximum atomic E-state index is 8.58. The van der Waals surface area contributed by atoms with E-state index in [4.69, 9.17) is 14.8 Å². The van der Waals surface area contributed by atoms with E-state index < -0.39 is 0 Å². The van der Waals surface area contributed by atoms with Gasteiger partial charge in [-0.2, -0.15) is 17.0 Å². The molecule has 16 heavy (non-hydrogen) atoms. The molecule has 1 aromatic heterocycles. The minimum atomic E-state index is 0.268. The van der Waals surface area contributed by atoms with Crippen LogP contribution in [-0.4, -0.2) is 29.8 Å². The lowest BCUT2D eigenvalue weighted by Crippen LogP contribution is -2.16. The average Bonchev–Trinajstić information content (AvgIpc) is 2.76. The van der Waals surface area contributed by atoms with Gasteiger partial charge in [-0.1, -0.05) is 0 Å². The van der Waals surface area contributed by atoms with Crippen LogP contribution in [0, 0.1) is 11.3 Å². The predicted octanol–water partition coefficient (Wildman–Crippen LogP) is 1.36. The highest BCUT2D eigenvalue weighted by Gasteiger charge is 1.99. The molecule has 4 nitrogen and oxygen atoms in total. The lowest BCUT2D eigenvalue weighted by molar-refractivity contribution is 0.296. The van der Waals surface area contributed by atoms with Gasteiger partial charge in [-0.3, -0.25) is 0 Å². The molecule has 1 heterocycles. The summed E-state index contributed by atoms with van der Waals surface area (Å²) in [6, 6.07) is 5.43. The number of furan rings is 1. The molecule has 0 aromatic carbocycles. The number of hydrogen-bond acceptors (Lipinski definition) is 5. The third-order valence-electron chi connectivity index (χ3n) is 1.94. The molecular formula is C11H16N2O2S. The van der Waals surface area contributed by atoms with Crippen LogP contribution in [-0.2, 0) is 6.54 Å². The third kappa shape index (κ3) is 5.21. The third-order valence-corrected chi connectivity index (χ3v) is 3.01. The van der Waals surface area contributed by atoms with Gasteiger partial charge in [0.2, 0.25) is 5.76 Å². The van der Waals surface area contributed by atoms with Crippen LogP contribution in [0.15, 0.2) is 16.5 Å². The largest absolute Gasteiger partial charge is 0.449 e. The summed E-state index contributed by atoms with van der Waals surface area (Å²) >= 11 is 1.82. The Balaban J connectivity index is 2.01. The summed E-state index contributed by atoms with van der Waals surface area (Å²) in [6.07, 6.45) is 0.856. The summed E-state index contributed by atoms with van der Waals surface area (Å²) in [6.45, 7) is 1.82. The fourth-order valence-electron chi connectivity index (χ4n) is 1.16. The fourth-order valence-corrected chi connectivity index (χ4v) is 1.98.